The third-order valence-corrected chi connectivity index (χ3v) is 3.80. The molecular weight excluding hydrogens is 204 g/mol. The second kappa shape index (κ2) is 6.44. The van der Waals surface area contributed by atoms with Crippen molar-refractivity contribution in [3.8, 4) is 0 Å². The first-order chi connectivity index (χ1) is 7.15. The molecule has 0 bridgehead atoms. The van der Waals surface area contributed by atoms with Gasteiger partial charge < -0.3 is 10.6 Å². The summed E-state index contributed by atoms with van der Waals surface area (Å²) in [7, 11) is 2.24. The van der Waals surface area contributed by atoms with Crippen molar-refractivity contribution in [2.45, 2.75) is 64.0 Å². The van der Waals surface area contributed by atoms with E-state index in [2.05, 4.69) is 18.9 Å². The Balaban J connectivity index is 2.46. The number of hydrogen-bond acceptors (Lipinski definition) is 2. The minimum Gasteiger partial charge on any atom is -0.393 e. The molecule has 88 valence electrons. The molecule has 0 amide bonds. The van der Waals surface area contributed by atoms with Crippen molar-refractivity contribution in [3.05, 3.63) is 0 Å². The summed E-state index contributed by atoms with van der Waals surface area (Å²) in [5.41, 5.74) is 5.64. The Hall–Kier alpha value is -0.150. The van der Waals surface area contributed by atoms with Crippen LogP contribution < -0.4 is 5.73 Å². The van der Waals surface area contributed by atoms with Crippen LogP contribution >= 0.6 is 12.2 Å². The molecule has 1 saturated carbocycles. The average Bonchev–Trinajstić information content (AvgIpc) is 2.26. The molecule has 2 nitrogen and oxygen atoms in total. The van der Waals surface area contributed by atoms with E-state index in [0.717, 1.165) is 18.9 Å². The fourth-order valence-corrected chi connectivity index (χ4v) is 2.79. The zero-order chi connectivity index (χ0) is 11.3. The molecule has 0 aromatic carbocycles. The summed E-state index contributed by atoms with van der Waals surface area (Å²) in [5, 5.41) is 0. The van der Waals surface area contributed by atoms with Crippen molar-refractivity contribution in [2.75, 3.05) is 7.05 Å². The highest BCUT2D eigenvalue weighted by molar-refractivity contribution is 7.80. The summed E-state index contributed by atoms with van der Waals surface area (Å²) >= 11 is 5.01. The quantitative estimate of drug-likeness (QED) is 0.734. The van der Waals surface area contributed by atoms with Crippen molar-refractivity contribution in [2.24, 2.45) is 5.73 Å². The fourth-order valence-electron chi connectivity index (χ4n) is 2.59. The average molecular weight is 228 g/mol. The predicted octanol–water partition coefficient (Wildman–Crippen LogP) is 2.71. The summed E-state index contributed by atoms with van der Waals surface area (Å²) in [5.74, 6) is 0. The van der Waals surface area contributed by atoms with Crippen LogP contribution in [0.15, 0.2) is 0 Å². The molecule has 1 fully saturated rings. The van der Waals surface area contributed by atoms with Gasteiger partial charge in [0.1, 0.15) is 0 Å². The van der Waals surface area contributed by atoms with Crippen LogP contribution in [-0.2, 0) is 0 Å². The molecule has 0 spiro atoms. The molecule has 0 aromatic heterocycles. The Morgan fingerprint density at radius 1 is 1.40 bits per heavy atom. The van der Waals surface area contributed by atoms with Crippen LogP contribution in [0.5, 0.6) is 0 Å². The largest absolute Gasteiger partial charge is 0.393 e. The second-order valence-corrected chi connectivity index (χ2v) is 5.21. The Morgan fingerprint density at radius 3 is 2.47 bits per heavy atom. The molecule has 0 heterocycles. The zero-order valence-corrected chi connectivity index (χ0v) is 10.9. The van der Waals surface area contributed by atoms with E-state index in [1.807, 2.05) is 0 Å². The van der Waals surface area contributed by atoms with E-state index in [1.165, 1.54) is 32.1 Å². The summed E-state index contributed by atoms with van der Waals surface area (Å²) in [6.07, 6.45) is 8.91. The van der Waals surface area contributed by atoms with Crippen LogP contribution in [0.3, 0.4) is 0 Å². The maximum Gasteiger partial charge on any atom is 0.0743 e. The minimum atomic E-state index is 0.547. The first-order valence-electron chi connectivity index (χ1n) is 6.15. The van der Waals surface area contributed by atoms with Crippen molar-refractivity contribution >= 4 is 17.2 Å². The van der Waals surface area contributed by atoms with Crippen molar-refractivity contribution in [1.82, 2.24) is 4.90 Å². The van der Waals surface area contributed by atoms with Gasteiger partial charge in [0.15, 0.2) is 0 Å². The number of nitrogens with two attached hydrogens (primary N) is 1. The van der Waals surface area contributed by atoms with Gasteiger partial charge in [-0.25, -0.2) is 0 Å². The lowest BCUT2D eigenvalue weighted by molar-refractivity contribution is 0.137. The molecule has 1 atom stereocenters. The number of nitrogens with zero attached hydrogens (tertiary/aromatic N) is 1. The number of hydrogen-bond donors (Lipinski definition) is 1. The van der Waals surface area contributed by atoms with Crippen molar-refractivity contribution in [3.63, 3.8) is 0 Å². The SMILES string of the molecule is CCC(CC(N)=S)N(C)C1CCCCC1. The molecule has 1 unspecified atom stereocenters. The van der Waals surface area contributed by atoms with E-state index < -0.39 is 0 Å². The van der Waals surface area contributed by atoms with Crippen LogP contribution in [0.2, 0.25) is 0 Å². The van der Waals surface area contributed by atoms with Crippen molar-refractivity contribution < 1.29 is 0 Å². The van der Waals surface area contributed by atoms with Gasteiger partial charge >= 0.3 is 0 Å². The normalized spacial score (nSPS) is 20.5. The van der Waals surface area contributed by atoms with Gasteiger partial charge in [-0.15, -0.1) is 0 Å². The lowest BCUT2D eigenvalue weighted by atomic mass is 9.93. The van der Waals surface area contributed by atoms with E-state index in [9.17, 15) is 0 Å². The van der Waals surface area contributed by atoms with E-state index in [4.69, 9.17) is 18.0 Å². The Morgan fingerprint density at radius 2 is 2.00 bits per heavy atom. The lowest BCUT2D eigenvalue weighted by Crippen LogP contribution is -2.42. The summed E-state index contributed by atoms with van der Waals surface area (Å²) in [6.45, 7) is 2.22. The van der Waals surface area contributed by atoms with Gasteiger partial charge in [0.05, 0.1) is 4.99 Å². The first kappa shape index (κ1) is 12.9. The van der Waals surface area contributed by atoms with Crippen LogP contribution in [-0.4, -0.2) is 29.0 Å². The smallest absolute Gasteiger partial charge is 0.0743 e. The van der Waals surface area contributed by atoms with Crippen molar-refractivity contribution in [1.29, 1.82) is 0 Å². The Kier molecular flexibility index (Phi) is 5.54. The van der Waals surface area contributed by atoms with Gasteiger partial charge in [-0.2, -0.15) is 0 Å². The van der Waals surface area contributed by atoms with E-state index in [-0.39, 0.29) is 0 Å². The van der Waals surface area contributed by atoms with Crippen LogP contribution in [0.1, 0.15) is 51.9 Å². The minimum absolute atomic E-state index is 0.547. The van der Waals surface area contributed by atoms with Crippen LogP contribution in [0.25, 0.3) is 0 Å². The first-order valence-corrected chi connectivity index (χ1v) is 6.56. The fraction of sp³-hybridized carbons (Fsp3) is 0.917. The third-order valence-electron chi connectivity index (χ3n) is 3.63. The molecule has 0 aromatic rings. The topological polar surface area (TPSA) is 29.3 Å². The van der Waals surface area contributed by atoms with E-state index in [1.54, 1.807) is 0 Å². The molecule has 2 N–H and O–H groups in total. The Bertz CT molecular complexity index is 200. The number of rotatable bonds is 5. The molecule has 15 heavy (non-hydrogen) atoms. The maximum atomic E-state index is 5.64. The number of thiocarbonyl (C=S) groups is 1. The van der Waals surface area contributed by atoms with Crippen LogP contribution in [0, 0.1) is 0 Å². The molecule has 3 heteroatoms. The summed E-state index contributed by atoms with van der Waals surface area (Å²) in [4.78, 5) is 3.17. The van der Waals surface area contributed by atoms with Gasteiger partial charge in [-0.3, -0.25) is 0 Å². The van der Waals surface area contributed by atoms with E-state index in [0.29, 0.717) is 11.0 Å². The van der Waals surface area contributed by atoms with Crippen LogP contribution in [0.4, 0.5) is 0 Å². The molecule has 0 radical (unpaired) electrons. The van der Waals surface area contributed by atoms with Gasteiger partial charge in [-0.05, 0) is 26.3 Å². The second-order valence-electron chi connectivity index (χ2n) is 4.69. The highest BCUT2D eigenvalue weighted by Gasteiger charge is 2.23. The third kappa shape index (κ3) is 4.07. The van der Waals surface area contributed by atoms with E-state index >= 15 is 0 Å². The zero-order valence-electron chi connectivity index (χ0n) is 10.0. The van der Waals surface area contributed by atoms with Gasteiger partial charge in [-0.1, -0.05) is 38.4 Å². The van der Waals surface area contributed by atoms with Gasteiger partial charge in [0.25, 0.3) is 0 Å². The molecule has 0 aliphatic heterocycles. The predicted molar refractivity (Wildman–Crippen MR) is 70.1 cm³/mol. The van der Waals surface area contributed by atoms with Gasteiger partial charge in [0, 0.05) is 18.5 Å². The molecule has 1 rings (SSSR count). The molecular formula is C12H24N2S. The standard InChI is InChI=1S/C12H24N2S/c1-3-10(9-12(13)15)14(2)11-7-5-4-6-8-11/h10-11H,3-9H2,1-2H3,(H2,13,15). The highest BCUT2D eigenvalue weighted by Crippen LogP contribution is 2.24. The summed E-state index contributed by atoms with van der Waals surface area (Å²) < 4.78 is 0. The Labute approximate surface area is 99.2 Å². The molecule has 0 saturated heterocycles. The summed E-state index contributed by atoms with van der Waals surface area (Å²) in [6, 6.07) is 1.31. The highest BCUT2D eigenvalue weighted by atomic mass is 32.1. The molecule has 1 aliphatic rings. The molecule has 1 aliphatic carbocycles. The lowest BCUT2D eigenvalue weighted by Gasteiger charge is -2.36. The maximum absolute atomic E-state index is 5.64. The van der Waals surface area contributed by atoms with Gasteiger partial charge in [0.2, 0.25) is 0 Å². The monoisotopic (exact) mass is 228 g/mol.